The number of nitrogens with zero attached hydrogens (tertiary/aromatic N) is 1. The van der Waals surface area contributed by atoms with Crippen LogP contribution in [0, 0.1) is 11.5 Å². The van der Waals surface area contributed by atoms with E-state index in [0.29, 0.717) is 0 Å². The maximum Gasteiger partial charge on any atom is 0.129 e. The van der Waals surface area contributed by atoms with Gasteiger partial charge >= 0.3 is 0 Å². The van der Waals surface area contributed by atoms with E-state index in [-0.39, 0.29) is 0 Å². The zero-order chi connectivity index (χ0) is 13.9. The molecule has 0 atom stereocenters. The van der Waals surface area contributed by atoms with Gasteiger partial charge in [-0.15, -0.1) is 5.54 Å². The first kappa shape index (κ1) is 14.0. The van der Waals surface area contributed by atoms with Crippen LogP contribution in [0.5, 0.6) is 0 Å². The van der Waals surface area contributed by atoms with Crippen LogP contribution < -0.4 is 0 Å². The first-order chi connectivity index (χ1) is 8.94. The van der Waals surface area contributed by atoms with Gasteiger partial charge in [0.05, 0.1) is 0 Å². The van der Waals surface area contributed by atoms with Gasteiger partial charge in [-0.05, 0) is 51.3 Å². The Morgan fingerprint density at radius 2 is 1.68 bits per heavy atom. The number of pyridine rings is 1. The minimum atomic E-state index is -1.30. The highest BCUT2D eigenvalue weighted by Crippen LogP contribution is 2.21. The van der Waals surface area contributed by atoms with Gasteiger partial charge < -0.3 is 0 Å². The van der Waals surface area contributed by atoms with Crippen molar-refractivity contribution in [2.45, 2.75) is 19.6 Å². The fourth-order valence-electron chi connectivity index (χ4n) is 1.59. The SMILES string of the molecule is C[Si](C)(C)C#Cc1ccc(-c2ccnc(Br)c2)cc1. The molecule has 0 N–H and O–H groups in total. The van der Waals surface area contributed by atoms with Gasteiger partial charge in [-0.3, -0.25) is 0 Å². The molecule has 2 aromatic rings. The molecule has 0 fully saturated rings. The highest BCUT2D eigenvalue weighted by Gasteiger charge is 2.07. The molecule has 1 heterocycles. The molecule has 0 aliphatic carbocycles. The number of hydrogen-bond donors (Lipinski definition) is 0. The topological polar surface area (TPSA) is 12.9 Å². The number of halogens is 1. The Morgan fingerprint density at radius 1 is 1.00 bits per heavy atom. The Balaban J connectivity index is 2.26. The van der Waals surface area contributed by atoms with Crippen molar-refractivity contribution >= 4 is 24.0 Å². The molecule has 0 aliphatic rings. The molecule has 0 aliphatic heterocycles. The van der Waals surface area contributed by atoms with E-state index in [1.807, 2.05) is 12.1 Å². The second-order valence-electron chi connectivity index (χ2n) is 5.44. The summed E-state index contributed by atoms with van der Waals surface area (Å²) in [7, 11) is -1.30. The smallest absolute Gasteiger partial charge is 0.129 e. The Labute approximate surface area is 124 Å². The van der Waals surface area contributed by atoms with Gasteiger partial charge in [0, 0.05) is 11.8 Å². The van der Waals surface area contributed by atoms with E-state index < -0.39 is 8.07 Å². The Hall–Kier alpha value is -1.37. The van der Waals surface area contributed by atoms with Gasteiger partial charge in [-0.2, -0.15) is 0 Å². The zero-order valence-electron chi connectivity index (χ0n) is 11.4. The highest BCUT2D eigenvalue weighted by molar-refractivity contribution is 9.10. The summed E-state index contributed by atoms with van der Waals surface area (Å²) in [5, 5.41) is 0. The number of hydrogen-bond acceptors (Lipinski definition) is 1. The van der Waals surface area contributed by atoms with E-state index in [1.165, 1.54) is 5.56 Å². The molecule has 2 rings (SSSR count). The molecular weight excluding hydrogens is 314 g/mol. The van der Waals surface area contributed by atoms with Crippen molar-refractivity contribution in [1.29, 1.82) is 0 Å². The van der Waals surface area contributed by atoms with Crippen LogP contribution >= 0.6 is 15.9 Å². The first-order valence-electron chi connectivity index (χ1n) is 6.19. The van der Waals surface area contributed by atoms with Crippen molar-refractivity contribution in [2.24, 2.45) is 0 Å². The van der Waals surface area contributed by atoms with Crippen molar-refractivity contribution in [3.05, 3.63) is 52.8 Å². The van der Waals surface area contributed by atoms with Crippen molar-refractivity contribution in [3.8, 4) is 22.6 Å². The molecule has 1 aromatic heterocycles. The van der Waals surface area contributed by atoms with E-state index in [4.69, 9.17) is 0 Å². The second-order valence-corrected chi connectivity index (χ2v) is 11.0. The van der Waals surface area contributed by atoms with Crippen LogP contribution in [-0.4, -0.2) is 13.1 Å². The third-order valence-corrected chi connectivity index (χ3v) is 3.84. The molecule has 0 unspecified atom stereocenters. The molecule has 1 aromatic carbocycles. The summed E-state index contributed by atoms with van der Waals surface area (Å²) in [6.45, 7) is 6.76. The van der Waals surface area contributed by atoms with E-state index in [0.717, 1.165) is 15.7 Å². The molecule has 0 bridgehead atoms. The summed E-state index contributed by atoms with van der Waals surface area (Å²) in [6, 6.07) is 12.4. The lowest BCUT2D eigenvalue weighted by atomic mass is 10.1. The minimum absolute atomic E-state index is 0.854. The summed E-state index contributed by atoms with van der Waals surface area (Å²) in [4.78, 5) is 4.14. The third-order valence-electron chi connectivity index (χ3n) is 2.53. The highest BCUT2D eigenvalue weighted by atomic mass is 79.9. The Morgan fingerprint density at radius 3 is 2.26 bits per heavy atom. The van der Waals surface area contributed by atoms with Crippen LogP contribution in [-0.2, 0) is 0 Å². The standard InChI is InChI=1S/C16H16BrNSi/c1-19(2,3)11-9-13-4-6-14(7-5-13)15-8-10-18-16(17)12-15/h4-8,10,12H,1-3H3. The number of benzene rings is 1. The molecule has 0 amide bonds. The van der Waals surface area contributed by atoms with E-state index >= 15 is 0 Å². The fourth-order valence-corrected chi connectivity index (χ4v) is 2.47. The van der Waals surface area contributed by atoms with Crippen LogP contribution in [0.2, 0.25) is 19.6 Å². The molecule has 1 nitrogen and oxygen atoms in total. The van der Waals surface area contributed by atoms with E-state index in [1.54, 1.807) is 6.20 Å². The van der Waals surface area contributed by atoms with Crippen molar-refractivity contribution in [1.82, 2.24) is 4.98 Å². The maximum absolute atomic E-state index is 4.14. The lowest BCUT2D eigenvalue weighted by molar-refractivity contribution is 1.28. The Bertz CT molecular complexity index is 630. The molecule has 19 heavy (non-hydrogen) atoms. The molecule has 0 saturated carbocycles. The second kappa shape index (κ2) is 5.73. The molecular formula is C16H16BrNSi. The van der Waals surface area contributed by atoms with Gasteiger partial charge in [0.1, 0.15) is 12.7 Å². The number of aromatic nitrogens is 1. The lowest BCUT2D eigenvalue weighted by Crippen LogP contribution is -2.16. The van der Waals surface area contributed by atoms with E-state index in [9.17, 15) is 0 Å². The van der Waals surface area contributed by atoms with Crippen molar-refractivity contribution in [3.63, 3.8) is 0 Å². The lowest BCUT2D eigenvalue weighted by Gasteiger charge is -2.04. The van der Waals surface area contributed by atoms with Crippen LogP contribution in [0.25, 0.3) is 11.1 Å². The van der Waals surface area contributed by atoms with Crippen LogP contribution in [0.15, 0.2) is 47.2 Å². The number of rotatable bonds is 1. The maximum atomic E-state index is 4.14. The van der Waals surface area contributed by atoms with Crippen LogP contribution in [0.1, 0.15) is 5.56 Å². The predicted octanol–water partition coefficient (Wildman–Crippen LogP) is 4.74. The van der Waals surface area contributed by atoms with Gasteiger partial charge in [0.15, 0.2) is 0 Å². The molecule has 0 saturated heterocycles. The molecule has 0 spiro atoms. The summed E-state index contributed by atoms with van der Waals surface area (Å²) >= 11 is 3.39. The van der Waals surface area contributed by atoms with Crippen molar-refractivity contribution in [2.75, 3.05) is 0 Å². The third kappa shape index (κ3) is 4.34. The molecule has 0 radical (unpaired) electrons. The van der Waals surface area contributed by atoms with Crippen LogP contribution in [0.3, 0.4) is 0 Å². The van der Waals surface area contributed by atoms with Crippen molar-refractivity contribution < 1.29 is 0 Å². The Kier molecular flexibility index (Phi) is 4.23. The van der Waals surface area contributed by atoms with Gasteiger partial charge in [-0.1, -0.05) is 37.7 Å². The summed E-state index contributed by atoms with van der Waals surface area (Å²) < 4.78 is 0.854. The molecule has 96 valence electrons. The van der Waals surface area contributed by atoms with Gasteiger partial charge in [0.25, 0.3) is 0 Å². The zero-order valence-corrected chi connectivity index (χ0v) is 14.0. The summed E-state index contributed by atoms with van der Waals surface area (Å²) in [6.07, 6.45) is 1.80. The predicted molar refractivity (Wildman–Crippen MR) is 87.6 cm³/mol. The van der Waals surface area contributed by atoms with Gasteiger partial charge in [0.2, 0.25) is 0 Å². The first-order valence-corrected chi connectivity index (χ1v) is 10.5. The monoisotopic (exact) mass is 329 g/mol. The van der Waals surface area contributed by atoms with Crippen LogP contribution in [0.4, 0.5) is 0 Å². The fraction of sp³-hybridized carbons (Fsp3) is 0.188. The minimum Gasteiger partial charge on any atom is -0.249 e. The molecule has 3 heteroatoms. The summed E-state index contributed by atoms with van der Waals surface area (Å²) in [5.41, 5.74) is 6.80. The quantitative estimate of drug-likeness (QED) is 0.418. The van der Waals surface area contributed by atoms with E-state index in [2.05, 4.69) is 76.3 Å². The largest absolute Gasteiger partial charge is 0.249 e. The average Bonchev–Trinajstić information content (AvgIpc) is 2.36. The summed E-state index contributed by atoms with van der Waals surface area (Å²) in [5.74, 6) is 3.26. The normalized spacial score (nSPS) is 10.7. The van der Waals surface area contributed by atoms with Gasteiger partial charge in [-0.25, -0.2) is 4.98 Å². The average molecular weight is 330 g/mol.